The molecular formula is C34H22ClNO9. The molecule has 0 radical (unpaired) electrons. The maximum Gasteiger partial charge on any atom is 0.342 e. The molecule has 5 aromatic rings. The number of hydrogen-bond acceptors (Lipinski definition) is 9. The lowest BCUT2D eigenvalue weighted by Gasteiger charge is -2.44. The zero-order valence-electron chi connectivity index (χ0n) is 24.0. The third kappa shape index (κ3) is 3.11. The summed E-state index contributed by atoms with van der Waals surface area (Å²) < 4.78 is 12.8. The number of nitrogens with zero attached hydrogens (tertiary/aromatic N) is 1. The number of fused-ring (bicyclic) bond motifs is 4. The summed E-state index contributed by atoms with van der Waals surface area (Å²) in [6, 6.07) is 9.20. The van der Waals surface area contributed by atoms with Gasteiger partial charge in [-0.3, -0.25) is 23.7 Å². The summed E-state index contributed by atoms with van der Waals surface area (Å²) >= 11 is 6.48. The third-order valence-corrected chi connectivity index (χ3v) is 9.86. The smallest absolute Gasteiger partial charge is 0.342 e. The molecule has 0 fully saturated rings. The number of ketones is 1. The second kappa shape index (κ2) is 8.70. The van der Waals surface area contributed by atoms with Gasteiger partial charge in [-0.25, -0.2) is 4.79 Å². The standard InChI is InChI=1S/C34H22ClNO9/c1-12-8-18(38)23-22-15(10-36(32(23)42)17-7-5-4-6-16(17)35)29(40)28-25(20(12)22)26-30(41)21-13(2)9-19(39)24-27(21)34(28,11-44-33(24)43)31(26)45-14(3)37/h4-10,26,31,39,42H,11H2,1-3H3/t26-,31-,34-/m0/s1. The van der Waals surface area contributed by atoms with Crippen LogP contribution in [-0.4, -0.2) is 45.2 Å². The molecule has 3 aliphatic rings. The lowest BCUT2D eigenvalue weighted by Crippen LogP contribution is -2.55. The van der Waals surface area contributed by atoms with Gasteiger partial charge in [0, 0.05) is 35.0 Å². The van der Waals surface area contributed by atoms with Gasteiger partial charge in [0.2, 0.25) is 5.88 Å². The predicted molar refractivity (Wildman–Crippen MR) is 162 cm³/mol. The van der Waals surface area contributed by atoms with Crippen LogP contribution < -0.4 is 10.9 Å². The third-order valence-electron chi connectivity index (χ3n) is 9.54. The average Bonchev–Trinajstić information content (AvgIpc) is 3.18. The Kier molecular flexibility index (Phi) is 5.28. The Morgan fingerprint density at radius 3 is 2.44 bits per heavy atom. The number of para-hydroxylation sites is 1. The van der Waals surface area contributed by atoms with Gasteiger partial charge in [0.05, 0.1) is 27.4 Å². The van der Waals surface area contributed by atoms with Crippen LogP contribution in [-0.2, 0) is 19.7 Å². The molecule has 11 heteroatoms. The summed E-state index contributed by atoms with van der Waals surface area (Å²) in [5.41, 5.74) is -1.46. The van der Waals surface area contributed by atoms with E-state index in [9.17, 15) is 34.2 Å². The van der Waals surface area contributed by atoms with Crippen molar-refractivity contribution in [2.24, 2.45) is 0 Å². The van der Waals surface area contributed by atoms with Crippen LogP contribution in [0.5, 0.6) is 11.6 Å². The van der Waals surface area contributed by atoms with E-state index in [0.717, 1.165) is 0 Å². The highest BCUT2D eigenvalue weighted by Crippen LogP contribution is 2.61. The maximum atomic E-state index is 15.0. The fourth-order valence-corrected chi connectivity index (χ4v) is 8.23. The van der Waals surface area contributed by atoms with Gasteiger partial charge in [-0.05, 0) is 65.8 Å². The summed E-state index contributed by atoms with van der Waals surface area (Å²) in [6.07, 6.45) is 0.0799. The van der Waals surface area contributed by atoms with E-state index in [1.165, 1.54) is 29.8 Å². The van der Waals surface area contributed by atoms with Crippen molar-refractivity contribution in [1.29, 1.82) is 0 Å². The molecule has 224 valence electrons. The number of carbonyl (C=O) groups excluding carboxylic acids is 3. The lowest BCUT2D eigenvalue weighted by atomic mass is 9.63. The number of esters is 2. The monoisotopic (exact) mass is 623 g/mol. The molecule has 4 aromatic carbocycles. The number of benzene rings is 4. The zero-order chi connectivity index (χ0) is 31.9. The number of aromatic hydroxyl groups is 2. The van der Waals surface area contributed by atoms with Crippen molar-refractivity contribution in [2.75, 3.05) is 6.61 Å². The number of pyridine rings is 1. The van der Waals surface area contributed by atoms with Gasteiger partial charge in [0.25, 0.3) is 0 Å². The normalized spacial score (nSPS) is 21.2. The minimum absolute atomic E-state index is 0.0325. The molecule has 8 rings (SSSR count). The van der Waals surface area contributed by atoms with Gasteiger partial charge >= 0.3 is 11.9 Å². The minimum atomic E-state index is -1.65. The number of Topliss-reactive ketones (excluding diaryl/α,β-unsaturated/α-hetero) is 1. The first-order valence-electron chi connectivity index (χ1n) is 14.1. The Morgan fingerprint density at radius 1 is 1.00 bits per heavy atom. The number of aryl methyl sites for hydroxylation is 2. The van der Waals surface area contributed by atoms with Crippen molar-refractivity contribution in [1.82, 2.24) is 4.57 Å². The summed E-state index contributed by atoms with van der Waals surface area (Å²) in [5, 5.41) is 23.2. The number of carbonyl (C=O) groups is 3. The van der Waals surface area contributed by atoms with Gasteiger partial charge in [0.15, 0.2) is 16.6 Å². The zero-order valence-corrected chi connectivity index (χ0v) is 24.7. The Bertz CT molecular complexity index is 2390. The number of hydrogen-bond donors (Lipinski definition) is 2. The number of halogens is 1. The van der Waals surface area contributed by atoms with Crippen molar-refractivity contribution in [3.8, 4) is 17.3 Å². The second-order valence-electron chi connectivity index (χ2n) is 11.9. The van der Waals surface area contributed by atoms with Crippen molar-refractivity contribution in [3.05, 3.63) is 107 Å². The van der Waals surface area contributed by atoms with Crippen molar-refractivity contribution < 1.29 is 34.1 Å². The minimum Gasteiger partial charge on any atom is -0.507 e. The molecule has 3 atom stereocenters. The van der Waals surface area contributed by atoms with Gasteiger partial charge in [-0.1, -0.05) is 23.7 Å². The number of phenols is 1. The second-order valence-corrected chi connectivity index (χ2v) is 12.3. The van der Waals surface area contributed by atoms with E-state index >= 15 is 0 Å². The Labute approximate surface area is 258 Å². The highest BCUT2D eigenvalue weighted by Gasteiger charge is 2.67. The molecule has 10 nitrogen and oxygen atoms in total. The number of rotatable bonds is 2. The van der Waals surface area contributed by atoms with E-state index in [4.69, 9.17) is 21.1 Å². The van der Waals surface area contributed by atoms with E-state index < -0.39 is 64.3 Å². The number of aromatic nitrogens is 1. The van der Waals surface area contributed by atoms with Crippen LogP contribution in [0.25, 0.3) is 27.2 Å². The van der Waals surface area contributed by atoms with E-state index in [0.29, 0.717) is 22.2 Å². The van der Waals surface area contributed by atoms with Gasteiger partial charge in [0.1, 0.15) is 24.0 Å². The molecule has 1 aromatic heterocycles. The summed E-state index contributed by atoms with van der Waals surface area (Å²) in [4.78, 5) is 68.8. The molecule has 0 saturated carbocycles. The number of ether oxygens (including phenoxy) is 2. The largest absolute Gasteiger partial charge is 0.507 e. The van der Waals surface area contributed by atoms with Crippen LogP contribution in [0.2, 0.25) is 5.02 Å². The molecule has 1 spiro atoms. The van der Waals surface area contributed by atoms with Crippen LogP contribution in [0.3, 0.4) is 0 Å². The van der Waals surface area contributed by atoms with E-state index in [2.05, 4.69) is 0 Å². The Morgan fingerprint density at radius 2 is 1.73 bits per heavy atom. The highest BCUT2D eigenvalue weighted by atomic mass is 35.5. The molecule has 2 aliphatic carbocycles. The van der Waals surface area contributed by atoms with Crippen LogP contribution in [0.4, 0.5) is 0 Å². The number of phenolic OH excluding ortho intramolecular Hbond substituents is 1. The molecule has 0 unspecified atom stereocenters. The highest BCUT2D eigenvalue weighted by molar-refractivity contribution is 6.32. The van der Waals surface area contributed by atoms with Gasteiger partial charge < -0.3 is 19.7 Å². The quantitative estimate of drug-likeness (QED) is 0.274. The van der Waals surface area contributed by atoms with Crippen LogP contribution >= 0.6 is 11.6 Å². The van der Waals surface area contributed by atoms with Gasteiger partial charge in [-0.2, -0.15) is 0 Å². The maximum absolute atomic E-state index is 15.0. The van der Waals surface area contributed by atoms with Crippen LogP contribution in [0, 0.1) is 13.8 Å². The Balaban J connectivity index is 1.64. The molecule has 0 amide bonds. The van der Waals surface area contributed by atoms with E-state index in [1.807, 2.05) is 0 Å². The molecule has 2 bridgehead atoms. The first-order chi connectivity index (χ1) is 21.4. The lowest BCUT2D eigenvalue weighted by molar-refractivity contribution is -0.150. The summed E-state index contributed by atoms with van der Waals surface area (Å²) in [5.74, 6) is -4.21. The van der Waals surface area contributed by atoms with Crippen molar-refractivity contribution in [2.45, 2.75) is 38.2 Å². The topological polar surface area (TPSA) is 149 Å². The fraction of sp³-hybridized carbons (Fsp3) is 0.206. The first-order valence-corrected chi connectivity index (χ1v) is 14.5. The molecule has 1 aliphatic heterocycles. The molecular weight excluding hydrogens is 602 g/mol. The molecule has 45 heavy (non-hydrogen) atoms. The molecule has 2 N–H and O–H groups in total. The fourth-order valence-electron chi connectivity index (χ4n) is 8.00. The van der Waals surface area contributed by atoms with Crippen LogP contribution in [0.15, 0.2) is 52.2 Å². The molecule has 2 heterocycles. The average molecular weight is 624 g/mol. The number of cyclic esters (lactones) is 1. The Hall–Kier alpha value is -5.22. The first kappa shape index (κ1) is 27.3. The van der Waals surface area contributed by atoms with E-state index in [-0.39, 0.29) is 49.0 Å². The van der Waals surface area contributed by atoms with E-state index in [1.54, 1.807) is 38.1 Å². The summed E-state index contributed by atoms with van der Waals surface area (Å²) in [6.45, 7) is 4.01. The van der Waals surface area contributed by atoms with Crippen LogP contribution in [0.1, 0.15) is 61.4 Å². The predicted octanol–water partition coefficient (Wildman–Crippen LogP) is 4.31. The SMILES string of the molecule is CC(=O)O[C@H]1[C@@H]2C(=O)c3c(C)cc(O)c4c3[C@@]1(COC4=O)c1c2c2c(C)cc(=O)c3c(O)n(-c4ccccc4Cl)cc(c1=O)c23. The van der Waals surface area contributed by atoms with Crippen molar-refractivity contribution >= 4 is 50.9 Å². The van der Waals surface area contributed by atoms with Gasteiger partial charge in [-0.15, -0.1) is 0 Å². The summed E-state index contributed by atoms with van der Waals surface area (Å²) in [7, 11) is 0. The van der Waals surface area contributed by atoms with Crippen molar-refractivity contribution in [3.63, 3.8) is 0 Å². The molecule has 0 saturated heterocycles.